The van der Waals surface area contributed by atoms with Gasteiger partial charge in [0.05, 0.1) is 0 Å². The first kappa shape index (κ1) is 19.4. The van der Waals surface area contributed by atoms with E-state index in [-0.39, 0.29) is 17.7 Å². The number of amides is 2. The maximum Gasteiger partial charge on any atom is 0.251 e. The van der Waals surface area contributed by atoms with E-state index in [2.05, 4.69) is 34.7 Å². The Hall–Kier alpha value is -1.92. The van der Waals surface area contributed by atoms with Crippen LogP contribution in [0, 0.1) is 11.8 Å². The summed E-state index contributed by atoms with van der Waals surface area (Å²) < 4.78 is 0. The maximum absolute atomic E-state index is 12.3. The molecule has 0 aromatic heterocycles. The van der Waals surface area contributed by atoms with Crippen LogP contribution in [-0.4, -0.2) is 56.0 Å². The van der Waals surface area contributed by atoms with E-state index in [1.807, 2.05) is 13.0 Å². The molecule has 1 aliphatic rings. The smallest absolute Gasteiger partial charge is 0.251 e. The van der Waals surface area contributed by atoms with Gasteiger partial charge in [0.1, 0.15) is 0 Å². The Morgan fingerprint density at radius 1 is 1.28 bits per heavy atom. The molecule has 0 bridgehead atoms. The van der Waals surface area contributed by atoms with Gasteiger partial charge in [0.25, 0.3) is 5.91 Å². The summed E-state index contributed by atoms with van der Waals surface area (Å²) in [4.78, 5) is 26.8. The quantitative estimate of drug-likeness (QED) is 0.634. The van der Waals surface area contributed by atoms with E-state index in [0.717, 1.165) is 32.7 Å². The van der Waals surface area contributed by atoms with E-state index in [4.69, 9.17) is 0 Å². The van der Waals surface area contributed by atoms with Gasteiger partial charge in [-0.25, -0.2) is 0 Å². The highest BCUT2D eigenvalue weighted by Crippen LogP contribution is 2.19. The number of carbonyl (C=O) groups excluding carboxylic acids is 2. The van der Waals surface area contributed by atoms with Crippen LogP contribution in [0.2, 0.25) is 0 Å². The molecule has 1 atom stereocenters. The van der Waals surface area contributed by atoms with E-state index >= 15 is 0 Å². The second-order valence-electron chi connectivity index (χ2n) is 6.56. The van der Waals surface area contributed by atoms with E-state index < -0.39 is 0 Å². The molecule has 1 saturated heterocycles. The van der Waals surface area contributed by atoms with Crippen molar-refractivity contribution in [1.29, 1.82) is 0 Å². The standard InChI is InChI=1S/C19H30N4O2/c1-4-23(5-2)10-9-21-19(25)15-7-6-8-17(11-15)22-18(24)14(3)16-12-20-13-16/h6-8,11,14,16,20H,4-5,9-10,12-13H2,1-3H3,(H,21,25)(H,22,24). The van der Waals surface area contributed by atoms with Gasteiger partial charge in [-0.05, 0) is 50.3 Å². The van der Waals surface area contributed by atoms with Crippen molar-refractivity contribution >= 4 is 17.5 Å². The minimum atomic E-state index is -0.112. The molecule has 1 aromatic rings. The normalized spacial score (nSPS) is 15.5. The molecule has 0 saturated carbocycles. The summed E-state index contributed by atoms with van der Waals surface area (Å²) in [7, 11) is 0. The Labute approximate surface area is 150 Å². The van der Waals surface area contributed by atoms with Gasteiger partial charge >= 0.3 is 0 Å². The Morgan fingerprint density at radius 2 is 2.00 bits per heavy atom. The lowest BCUT2D eigenvalue weighted by Gasteiger charge is -2.31. The lowest BCUT2D eigenvalue weighted by molar-refractivity contribution is -0.121. The van der Waals surface area contributed by atoms with Crippen LogP contribution < -0.4 is 16.0 Å². The lowest BCUT2D eigenvalue weighted by atomic mass is 9.88. The third-order valence-corrected chi connectivity index (χ3v) is 4.93. The lowest BCUT2D eigenvalue weighted by Crippen LogP contribution is -2.48. The van der Waals surface area contributed by atoms with Crippen LogP contribution >= 0.6 is 0 Å². The summed E-state index contributed by atoms with van der Waals surface area (Å²) in [5, 5.41) is 9.04. The van der Waals surface area contributed by atoms with Gasteiger partial charge in [-0.3, -0.25) is 9.59 Å². The number of hydrogen-bond acceptors (Lipinski definition) is 4. The molecule has 3 N–H and O–H groups in total. The molecule has 1 unspecified atom stereocenters. The first-order valence-electron chi connectivity index (χ1n) is 9.17. The summed E-state index contributed by atoms with van der Waals surface area (Å²) >= 11 is 0. The molecule has 138 valence electrons. The molecule has 2 rings (SSSR count). The zero-order valence-corrected chi connectivity index (χ0v) is 15.5. The van der Waals surface area contributed by atoms with Crippen molar-refractivity contribution < 1.29 is 9.59 Å². The molecule has 25 heavy (non-hydrogen) atoms. The van der Waals surface area contributed by atoms with Gasteiger partial charge in [-0.2, -0.15) is 0 Å². The molecule has 2 amide bonds. The van der Waals surface area contributed by atoms with Gasteiger partial charge < -0.3 is 20.9 Å². The Morgan fingerprint density at radius 3 is 2.60 bits per heavy atom. The number of hydrogen-bond donors (Lipinski definition) is 3. The molecule has 1 fully saturated rings. The second-order valence-corrected chi connectivity index (χ2v) is 6.56. The van der Waals surface area contributed by atoms with E-state index in [0.29, 0.717) is 23.7 Å². The number of likely N-dealkylation sites (N-methyl/N-ethyl adjacent to an activating group) is 1. The average molecular weight is 346 g/mol. The van der Waals surface area contributed by atoms with Crippen LogP contribution in [0.25, 0.3) is 0 Å². The van der Waals surface area contributed by atoms with Crippen LogP contribution in [0.3, 0.4) is 0 Å². The predicted octanol–water partition coefficient (Wildman–Crippen LogP) is 1.55. The zero-order chi connectivity index (χ0) is 18.2. The molecule has 0 aliphatic carbocycles. The predicted molar refractivity (Wildman–Crippen MR) is 101 cm³/mol. The van der Waals surface area contributed by atoms with Crippen LogP contribution in [-0.2, 0) is 4.79 Å². The third-order valence-electron chi connectivity index (χ3n) is 4.93. The molecule has 6 nitrogen and oxygen atoms in total. The van der Waals surface area contributed by atoms with Gasteiger partial charge in [0.15, 0.2) is 0 Å². The molecule has 0 spiro atoms. The molecule has 0 radical (unpaired) electrons. The van der Waals surface area contributed by atoms with Crippen molar-refractivity contribution in [3.05, 3.63) is 29.8 Å². The van der Waals surface area contributed by atoms with Crippen molar-refractivity contribution in [2.24, 2.45) is 11.8 Å². The van der Waals surface area contributed by atoms with Crippen molar-refractivity contribution in [3.63, 3.8) is 0 Å². The van der Waals surface area contributed by atoms with Gasteiger partial charge in [-0.15, -0.1) is 0 Å². The van der Waals surface area contributed by atoms with E-state index in [9.17, 15) is 9.59 Å². The average Bonchev–Trinajstić information content (AvgIpc) is 2.57. The van der Waals surface area contributed by atoms with Crippen molar-refractivity contribution in [1.82, 2.24) is 15.5 Å². The minimum Gasteiger partial charge on any atom is -0.351 e. The number of rotatable bonds is 9. The number of carbonyl (C=O) groups is 2. The fourth-order valence-corrected chi connectivity index (χ4v) is 2.84. The first-order valence-corrected chi connectivity index (χ1v) is 9.17. The minimum absolute atomic E-state index is 0.00518. The summed E-state index contributed by atoms with van der Waals surface area (Å²) in [6.45, 7) is 11.4. The number of nitrogens with one attached hydrogen (secondary N) is 3. The summed E-state index contributed by atoms with van der Waals surface area (Å²) in [6, 6.07) is 7.11. The van der Waals surface area contributed by atoms with Crippen molar-refractivity contribution in [3.8, 4) is 0 Å². The van der Waals surface area contributed by atoms with E-state index in [1.54, 1.807) is 18.2 Å². The second kappa shape index (κ2) is 9.53. The maximum atomic E-state index is 12.3. The highest BCUT2D eigenvalue weighted by Gasteiger charge is 2.28. The van der Waals surface area contributed by atoms with Crippen LogP contribution in [0.4, 0.5) is 5.69 Å². The zero-order valence-electron chi connectivity index (χ0n) is 15.5. The first-order chi connectivity index (χ1) is 12.0. The highest BCUT2D eigenvalue weighted by molar-refractivity contribution is 5.97. The Kier molecular flexibility index (Phi) is 7.40. The van der Waals surface area contributed by atoms with E-state index in [1.165, 1.54) is 0 Å². The van der Waals surface area contributed by atoms with Crippen LogP contribution in [0.5, 0.6) is 0 Å². The van der Waals surface area contributed by atoms with Crippen molar-refractivity contribution in [2.45, 2.75) is 20.8 Å². The number of benzene rings is 1. The highest BCUT2D eigenvalue weighted by atomic mass is 16.2. The summed E-state index contributed by atoms with van der Waals surface area (Å²) in [5.74, 6) is 0.254. The Balaban J connectivity index is 1.86. The van der Waals surface area contributed by atoms with Gasteiger partial charge in [0, 0.05) is 30.3 Å². The van der Waals surface area contributed by atoms with Crippen LogP contribution in [0.15, 0.2) is 24.3 Å². The van der Waals surface area contributed by atoms with Gasteiger partial charge in [-0.1, -0.05) is 26.8 Å². The molecule has 1 aliphatic heterocycles. The number of anilines is 1. The summed E-state index contributed by atoms with van der Waals surface area (Å²) in [5.41, 5.74) is 1.23. The molecule has 1 aromatic carbocycles. The van der Waals surface area contributed by atoms with Crippen molar-refractivity contribution in [2.75, 3.05) is 44.6 Å². The monoisotopic (exact) mass is 346 g/mol. The molecule has 6 heteroatoms. The number of nitrogens with zero attached hydrogens (tertiary/aromatic N) is 1. The molecular weight excluding hydrogens is 316 g/mol. The van der Waals surface area contributed by atoms with Crippen LogP contribution in [0.1, 0.15) is 31.1 Å². The Bertz CT molecular complexity index is 583. The SMILES string of the molecule is CCN(CC)CCNC(=O)c1cccc(NC(=O)C(C)C2CNC2)c1. The fraction of sp³-hybridized carbons (Fsp3) is 0.579. The van der Waals surface area contributed by atoms with Gasteiger partial charge in [0.2, 0.25) is 5.91 Å². The topological polar surface area (TPSA) is 73.5 Å². The summed E-state index contributed by atoms with van der Waals surface area (Å²) in [6.07, 6.45) is 0. The molecular formula is C19H30N4O2. The molecule has 1 heterocycles. The third kappa shape index (κ3) is 5.54. The fourth-order valence-electron chi connectivity index (χ4n) is 2.84. The largest absolute Gasteiger partial charge is 0.351 e.